The summed E-state index contributed by atoms with van der Waals surface area (Å²) in [5.41, 5.74) is 3.50. The summed E-state index contributed by atoms with van der Waals surface area (Å²) < 4.78 is 16.3. The highest BCUT2D eigenvalue weighted by molar-refractivity contribution is 6.30. The largest absolute Gasteiger partial charge is 0.493 e. The van der Waals surface area contributed by atoms with Crippen molar-refractivity contribution < 1.29 is 28.6 Å². The van der Waals surface area contributed by atoms with E-state index >= 15 is 0 Å². The van der Waals surface area contributed by atoms with Crippen LogP contribution in [0.2, 0.25) is 5.02 Å². The molecule has 3 rings (SSSR count). The first-order valence-corrected chi connectivity index (χ1v) is 12.2. The van der Waals surface area contributed by atoms with E-state index in [1.54, 1.807) is 47.4 Å². The molecule has 1 atom stereocenters. The van der Waals surface area contributed by atoms with E-state index in [2.05, 4.69) is 15.8 Å². The summed E-state index contributed by atoms with van der Waals surface area (Å²) in [5, 5.41) is 7.26. The van der Waals surface area contributed by atoms with E-state index in [-0.39, 0.29) is 24.3 Å². The quantitative estimate of drug-likeness (QED) is 0.360. The maximum atomic E-state index is 12.7. The Kier molecular flexibility index (Phi) is 10.3. The lowest BCUT2D eigenvalue weighted by molar-refractivity contribution is -0.137. The predicted molar refractivity (Wildman–Crippen MR) is 139 cm³/mol. The molecule has 0 bridgehead atoms. The zero-order valence-corrected chi connectivity index (χ0v) is 21.8. The zero-order valence-electron chi connectivity index (χ0n) is 21.0. The number of hydrazone groups is 1. The van der Waals surface area contributed by atoms with Gasteiger partial charge in [0.15, 0.2) is 18.1 Å². The van der Waals surface area contributed by atoms with Gasteiger partial charge in [0.25, 0.3) is 17.7 Å². The Balaban J connectivity index is 1.56. The molecule has 198 valence electrons. The van der Waals surface area contributed by atoms with Gasteiger partial charge >= 0.3 is 0 Å². The van der Waals surface area contributed by atoms with Gasteiger partial charge in [0, 0.05) is 23.7 Å². The summed E-state index contributed by atoms with van der Waals surface area (Å²) >= 11 is 5.87. The smallest absolute Gasteiger partial charge is 0.262 e. The van der Waals surface area contributed by atoms with E-state index < -0.39 is 11.9 Å². The first-order valence-electron chi connectivity index (χ1n) is 11.8. The lowest BCUT2D eigenvalue weighted by atomic mass is 10.0. The number of carbonyl (C=O) groups excluding carboxylic acids is 3. The molecule has 37 heavy (non-hydrogen) atoms. The average molecular weight is 531 g/mol. The predicted octanol–water partition coefficient (Wildman–Crippen LogP) is 2.49. The summed E-state index contributed by atoms with van der Waals surface area (Å²) in [5.74, 6) is -0.316. The van der Waals surface area contributed by atoms with Gasteiger partial charge in [-0.05, 0) is 53.9 Å². The molecule has 2 aromatic rings. The molecule has 11 heteroatoms. The van der Waals surface area contributed by atoms with Crippen molar-refractivity contribution in [3.05, 3.63) is 58.6 Å². The Morgan fingerprint density at radius 3 is 2.46 bits per heavy atom. The first-order chi connectivity index (χ1) is 17.8. The molecule has 1 aliphatic heterocycles. The number of hydrogen-bond acceptors (Lipinski definition) is 7. The molecule has 0 radical (unpaired) electrons. The molecule has 0 aliphatic carbocycles. The highest BCUT2D eigenvalue weighted by atomic mass is 35.5. The van der Waals surface area contributed by atoms with Crippen LogP contribution in [0, 0.1) is 5.92 Å². The number of nitrogens with zero attached hydrogens (tertiary/aromatic N) is 2. The Bertz CT molecular complexity index is 1120. The maximum Gasteiger partial charge on any atom is 0.262 e. The number of halogens is 1. The van der Waals surface area contributed by atoms with Gasteiger partial charge in [-0.2, -0.15) is 5.10 Å². The van der Waals surface area contributed by atoms with Gasteiger partial charge in [0.1, 0.15) is 6.04 Å². The Labute approximate surface area is 220 Å². The van der Waals surface area contributed by atoms with Crippen molar-refractivity contribution >= 4 is 35.5 Å². The summed E-state index contributed by atoms with van der Waals surface area (Å²) in [6, 6.07) is 10.7. The summed E-state index contributed by atoms with van der Waals surface area (Å²) in [4.78, 5) is 39.2. The molecule has 1 aliphatic rings. The molecular weight excluding hydrogens is 500 g/mol. The van der Waals surface area contributed by atoms with Gasteiger partial charge in [-0.25, -0.2) is 5.43 Å². The fourth-order valence-electron chi connectivity index (χ4n) is 3.53. The molecule has 0 spiro atoms. The molecule has 10 nitrogen and oxygen atoms in total. The molecule has 1 heterocycles. The van der Waals surface area contributed by atoms with Crippen LogP contribution >= 0.6 is 11.6 Å². The van der Waals surface area contributed by atoms with Crippen LogP contribution in [-0.4, -0.2) is 74.9 Å². The second kappa shape index (κ2) is 13.6. The van der Waals surface area contributed by atoms with Crippen LogP contribution < -0.4 is 20.2 Å². The lowest BCUT2D eigenvalue weighted by Crippen LogP contribution is -2.48. The van der Waals surface area contributed by atoms with E-state index in [4.69, 9.17) is 25.8 Å². The van der Waals surface area contributed by atoms with Crippen LogP contribution in [0.4, 0.5) is 0 Å². The lowest BCUT2D eigenvalue weighted by Gasteiger charge is -2.26. The van der Waals surface area contributed by atoms with E-state index in [0.717, 1.165) is 0 Å². The number of carbonyl (C=O) groups is 3. The van der Waals surface area contributed by atoms with Crippen LogP contribution in [0.5, 0.6) is 11.5 Å². The van der Waals surface area contributed by atoms with E-state index in [1.807, 2.05) is 13.8 Å². The normalized spacial score (nSPS) is 14.4. The minimum absolute atomic E-state index is 0.113. The number of hydrogen-bond donors (Lipinski definition) is 2. The third kappa shape index (κ3) is 8.19. The minimum atomic E-state index is -0.797. The van der Waals surface area contributed by atoms with Gasteiger partial charge in [-0.3, -0.25) is 14.4 Å². The van der Waals surface area contributed by atoms with Crippen molar-refractivity contribution in [3.63, 3.8) is 0 Å². The van der Waals surface area contributed by atoms with Crippen molar-refractivity contribution in [1.29, 1.82) is 0 Å². The van der Waals surface area contributed by atoms with Crippen LogP contribution in [-0.2, 0) is 14.3 Å². The van der Waals surface area contributed by atoms with Crippen LogP contribution in [0.25, 0.3) is 0 Å². The van der Waals surface area contributed by atoms with Gasteiger partial charge in [-0.1, -0.05) is 25.4 Å². The van der Waals surface area contributed by atoms with Crippen LogP contribution in [0.1, 0.15) is 29.8 Å². The number of methoxy groups -OCH3 is 1. The fraction of sp³-hybridized carbons (Fsp3) is 0.385. The monoisotopic (exact) mass is 530 g/mol. The van der Waals surface area contributed by atoms with Gasteiger partial charge in [0.2, 0.25) is 0 Å². The molecule has 2 N–H and O–H groups in total. The van der Waals surface area contributed by atoms with Crippen molar-refractivity contribution in [2.24, 2.45) is 11.0 Å². The second-order valence-corrected chi connectivity index (χ2v) is 9.06. The molecule has 1 unspecified atom stereocenters. The van der Waals surface area contributed by atoms with E-state index in [1.165, 1.54) is 13.3 Å². The summed E-state index contributed by atoms with van der Waals surface area (Å²) in [6.45, 7) is 5.66. The van der Waals surface area contributed by atoms with Gasteiger partial charge < -0.3 is 24.4 Å². The zero-order chi connectivity index (χ0) is 26.8. The second-order valence-electron chi connectivity index (χ2n) is 8.63. The average Bonchev–Trinajstić information content (AvgIpc) is 2.91. The minimum Gasteiger partial charge on any atom is -0.493 e. The highest BCUT2D eigenvalue weighted by Crippen LogP contribution is 2.27. The molecule has 0 aromatic heterocycles. The number of amides is 3. The molecular formula is C26H31ClN4O6. The summed E-state index contributed by atoms with van der Waals surface area (Å²) in [7, 11) is 1.49. The maximum absolute atomic E-state index is 12.7. The first kappa shape index (κ1) is 27.9. The van der Waals surface area contributed by atoms with Gasteiger partial charge in [-0.15, -0.1) is 0 Å². The number of morpholine rings is 1. The molecule has 3 amide bonds. The van der Waals surface area contributed by atoms with Crippen LogP contribution in [0.15, 0.2) is 47.6 Å². The standard InChI is InChI=1S/C26H31ClN4O6/c1-17(2)24(29-25(33)19-5-7-20(27)8-6-19)26(34)30-28-15-18-4-9-21(22(14-18)35-3)37-16-23(32)31-10-12-36-13-11-31/h4-9,14-15,17,24H,10-13,16H2,1-3H3,(H,29,33)(H,30,34). The highest BCUT2D eigenvalue weighted by Gasteiger charge is 2.24. The number of rotatable bonds is 10. The number of nitrogens with one attached hydrogen (secondary N) is 2. The SMILES string of the molecule is COc1cc(C=NNC(=O)C(NC(=O)c2ccc(Cl)cc2)C(C)C)ccc1OCC(=O)N1CCOCC1. The summed E-state index contributed by atoms with van der Waals surface area (Å²) in [6.07, 6.45) is 1.45. The van der Waals surface area contributed by atoms with E-state index in [9.17, 15) is 14.4 Å². The van der Waals surface area contributed by atoms with Crippen LogP contribution in [0.3, 0.4) is 0 Å². The van der Waals surface area contributed by atoms with Crippen molar-refractivity contribution in [2.45, 2.75) is 19.9 Å². The van der Waals surface area contributed by atoms with Crippen molar-refractivity contribution in [3.8, 4) is 11.5 Å². The molecule has 1 fully saturated rings. The molecule has 0 saturated carbocycles. The van der Waals surface area contributed by atoms with Crippen molar-refractivity contribution in [1.82, 2.24) is 15.6 Å². The van der Waals surface area contributed by atoms with Gasteiger partial charge in [0.05, 0.1) is 26.5 Å². The third-order valence-corrected chi connectivity index (χ3v) is 5.89. The number of benzene rings is 2. The Hall–Kier alpha value is -3.63. The topological polar surface area (TPSA) is 119 Å². The molecule has 2 aromatic carbocycles. The Morgan fingerprint density at radius 2 is 1.81 bits per heavy atom. The number of ether oxygens (including phenoxy) is 3. The third-order valence-electron chi connectivity index (χ3n) is 5.63. The fourth-order valence-corrected chi connectivity index (χ4v) is 3.65. The molecule has 1 saturated heterocycles. The van der Waals surface area contributed by atoms with Crippen molar-refractivity contribution in [2.75, 3.05) is 40.0 Å². The Morgan fingerprint density at radius 1 is 1.11 bits per heavy atom. The van der Waals surface area contributed by atoms with E-state index in [0.29, 0.717) is 54.0 Å².